The standard InChI is InChI=1S/C19H23N5O3/c1-3-27-19(26)24-13-11-23(12-14-24)17-10-9-16(20-21-17)18(25)22(2)15-7-5-4-6-8-15/h4-10H,3,11-14H2,1-2H3. The monoisotopic (exact) mass is 369 g/mol. The van der Waals surface area contributed by atoms with E-state index in [9.17, 15) is 9.59 Å². The summed E-state index contributed by atoms with van der Waals surface area (Å²) in [6.07, 6.45) is -0.284. The Kier molecular flexibility index (Phi) is 5.85. The number of nitrogens with zero attached hydrogens (tertiary/aromatic N) is 5. The first-order valence-corrected chi connectivity index (χ1v) is 8.93. The van der Waals surface area contributed by atoms with Gasteiger partial charge in [-0.15, -0.1) is 10.2 Å². The molecule has 0 bridgehead atoms. The summed E-state index contributed by atoms with van der Waals surface area (Å²) in [5, 5.41) is 8.30. The zero-order valence-electron chi connectivity index (χ0n) is 15.5. The molecule has 1 aromatic heterocycles. The fourth-order valence-corrected chi connectivity index (χ4v) is 2.88. The fourth-order valence-electron chi connectivity index (χ4n) is 2.88. The van der Waals surface area contributed by atoms with E-state index in [1.165, 1.54) is 0 Å². The number of piperazine rings is 1. The molecule has 8 nitrogen and oxygen atoms in total. The molecule has 0 spiro atoms. The van der Waals surface area contributed by atoms with E-state index in [0.29, 0.717) is 38.6 Å². The molecule has 0 saturated carbocycles. The minimum atomic E-state index is -0.284. The second kappa shape index (κ2) is 8.48. The summed E-state index contributed by atoms with van der Waals surface area (Å²) in [6.45, 7) is 4.59. The van der Waals surface area contributed by atoms with Crippen molar-refractivity contribution < 1.29 is 14.3 Å². The van der Waals surface area contributed by atoms with Crippen LogP contribution < -0.4 is 9.80 Å². The fraction of sp³-hybridized carbons (Fsp3) is 0.368. The Hall–Kier alpha value is -3.16. The van der Waals surface area contributed by atoms with Gasteiger partial charge in [-0.05, 0) is 31.2 Å². The van der Waals surface area contributed by atoms with Crippen molar-refractivity contribution in [2.45, 2.75) is 6.92 Å². The highest BCUT2D eigenvalue weighted by Crippen LogP contribution is 2.16. The van der Waals surface area contributed by atoms with E-state index in [1.807, 2.05) is 35.2 Å². The van der Waals surface area contributed by atoms with Crippen LogP contribution in [0.5, 0.6) is 0 Å². The van der Waals surface area contributed by atoms with Crippen molar-refractivity contribution >= 4 is 23.5 Å². The van der Waals surface area contributed by atoms with Crippen LogP contribution in [0.1, 0.15) is 17.4 Å². The first-order valence-electron chi connectivity index (χ1n) is 8.93. The molecule has 2 aromatic rings. The Morgan fingerprint density at radius 2 is 1.74 bits per heavy atom. The number of carbonyl (C=O) groups is 2. The van der Waals surface area contributed by atoms with Crippen molar-refractivity contribution in [2.24, 2.45) is 0 Å². The van der Waals surface area contributed by atoms with E-state index in [4.69, 9.17) is 4.74 Å². The van der Waals surface area contributed by atoms with Gasteiger partial charge >= 0.3 is 6.09 Å². The zero-order chi connectivity index (χ0) is 19.2. The minimum Gasteiger partial charge on any atom is -0.450 e. The highest BCUT2D eigenvalue weighted by molar-refractivity contribution is 6.04. The predicted molar refractivity (Wildman–Crippen MR) is 102 cm³/mol. The van der Waals surface area contributed by atoms with Crippen LogP contribution >= 0.6 is 0 Å². The number of rotatable bonds is 4. The molecule has 8 heteroatoms. The van der Waals surface area contributed by atoms with Gasteiger partial charge < -0.3 is 19.4 Å². The molecule has 1 aliphatic rings. The van der Waals surface area contributed by atoms with Crippen LogP contribution in [0.2, 0.25) is 0 Å². The molecule has 2 amide bonds. The molecular formula is C19H23N5O3. The lowest BCUT2D eigenvalue weighted by Crippen LogP contribution is -2.49. The second-order valence-corrected chi connectivity index (χ2v) is 6.15. The largest absolute Gasteiger partial charge is 0.450 e. The van der Waals surface area contributed by atoms with Crippen LogP contribution in [0.25, 0.3) is 0 Å². The molecule has 142 valence electrons. The third-order valence-electron chi connectivity index (χ3n) is 4.45. The van der Waals surface area contributed by atoms with Crippen molar-refractivity contribution in [3.05, 3.63) is 48.2 Å². The lowest BCUT2D eigenvalue weighted by atomic mass is 10.2. The lowest BCUT2D eigenvalue weighted by molar-refractivity contribution is 0.0985. The molecule has 0 N–H and O–H groups in total. The van der Waals surface area contributed by atoms with E-state index in [1.54, 1.807) is 35.9 Å². The molecular weight excluding hydrogens is 346 g/mol. The van der Waals surface area contributed by atoms with Crippen molar-refractivity contribution in [2.75, 3.05) is 49.6 Å². The maximum Gasteiger partial charge on any atom is 0.409 e. The molecule has 0 radical (unpaired) electrons. The van der Waals surface area contributed by atoms with Crippen molar-refractivity contribution in [3.63, 3.8) is 0 Å². The smallest absolute Gasteiger partial charge is 0.409 e. The Morgan fingerprint density at radius 1 is 1.04 bits per heavy atom. The highest BCUT2D eigenvalue weighted by atomic mass is 16.6. The van der Waals surface area contributed by atoms with Crippen molar-refractivity contribution in [3.8, 4) is 0 Å². The number of ether oxygens (including phenoxy) is 1. The van der Waals surface area contributed by atoms with E-state index in [0.717, 1.165) is 5.69 Å². The van der Waals surface area contributed by atoms with Crippen molar-refractivity contribution in [1.82, 2.24) is 15.1 Å². The molecule has 27 heavy (non-hydrogen) atoms. The summed E-state index contributed by atoms with van der Waals surface area (Å²) in [5.41, 5.74) is 1.08. The SMILES string of the molecule is CCOC(=O)N1CCN(c2ccc(C(=O)N(C)c3ccccc3)nn2)CC1. The summed E-state index contributed by atoms with van der Waals surface area (Å²) in [5.74, 6) is 0.477. The second-order valence-electron chi connectivity index (χ2n) is 6.15. The summed E-state index contributed by atoms with van der Waals surface area (Å²) >= 11 is 0. The average Bonchev–Trinajstić information content (AvgIpc) is 2.74. The Balaban J connectivity index is 1.61. The quantitative estimate of drug-likeness (QED) is 0.821. The molecule has 1 aromatic carbocycles. The summed E-state index contributed by atoms with van der Waals surface area (Å²) in [6, 6.07) is 12.9. The van der Waals surface area contributed by atoms with E-state index in [-0.39, 0.29) is 17.7 Å². The number of amides is 2. The molecule has 3 rings (SSSR count). The highest BCUT2D eigenvalue weighted by Gasteiger charge is 2.23. The van der Waals surface area contributed by atoms with Crippen molar-refractivity contribution in [1.29, 1.82) is 0 Å². The van der Waals surface area contributed by atoms with Gasteiger partial charge in [-0.25, -0.2) is 4.79 Å². The zero-order valence-corrected chi connectivity index (χ0v) is 15.5. The van der Waals surface area contributed by atoms with Crippen LogP contribution in [0.4, 0.5) is 16.3 Å². The van der Waals surface area contributed by atoms with Gasteiger partial charge in [0.2, 0.25) is 0 Å². The van der Waals surface area contributed by atoms with Gasteiger partial charge in [-0.1, -0.05) is 18.2 Å². The van der Waals surface area contributed by atoms with E-state index >= 15 is 0 Å². The van der Waals surface area contributed by atoms with Gasteiger partial charge in [0.15, 0.2) is 11.5 Å². The number of carbonyl (C=O) groups excluding carboxylic acids is 2. The van der Waals surface area contributed by atoms with Crippen LogP contribution in [-0.4, -0.2) is 66.9 Å². The maximum atomic E-state index is 12.6. The lowest BCUT2D eigenvalue weighted by Gasteiger charge is -2.34. The summed E-state index contributed by atoms with van der Waals surface area (Å²) < 4.78 is 5.02. The minimum absolute atomic E-state index is 0.215. The Labute approximate surface area is 158 Å². The van der Waals surface area contributed by atoms with Crippen LogP contribution in [0.3, 0.4) is 0 Å². The molecule has 1 saturated heterocycles. The van der Waals surface area contributed by atoms with Gasteiger partial charge in [0.25, 0.3) is 5.91 Å². The number of hydrogen-bond donors (Lipinski definition) is 0. The molecule has 1 fully saturated rings. The van der Waals surface area contributed by atoms with Crippen LogP contribution in [-0.2, 0) is 4.74 Å². The normalized spacial score (nSPS) is 14.0. The number of para-hydroxylation sites is 1. The molecule has 1 aliphatic heterocycles. The van der Waals surface area contributed by atoms with Crippen LogP contribution in [0.15, 0.2) is 42.5 Å². The number of aromatic nitrogens is 2. The van der Waals surface area contributed by atoms with E-state index in [2.05, 4.69) is 10.2 Å². The summed E-state index contributed by atoms with van der Waals surface area (Å²) in [4.78, 5) is 29.6. The number of benzene rings is 1. The van der Waals surface area contributed by atoms with Gasteiger partial charge in [-0.2, -0.15) is 0 Å². The third-order valence-corrected chi connectivity index (χ3v) is 4.45. The Bertz CT molecular complexity index is 774. The first-order chi connectivity index (χ1) is 13.1. The van der Waals surface area contributed by atoms with Gasteiger partial charge in [0, 0.05) is 38.9 Å². The summed E-state index contributed by atoms with van der Waals surface area (Å²) in [7, 11) is 1.71. The average molecular weight is 369 g/mol. The van der Waals surface area contributed by atoms with Crippen LogP contribution in [0, 0.1) is 0 Å². The molecule has 0 atom stereocenters. The van der Waals surface area contributed by atoms with Gasteiger partial charge in [-0.3, -0.25) is 4.79 Å². The molecule has 0 unspecified atom stereocenters. The van der Waals surface area contributed by atoms with Gasteiger partial charge in [0.05, 0.1) is 6.61 Å². The number of hydrogen-bond acceptors (Lipinski definition) is 6. The maximum absolute atomic E-state index is 12.6. The van der Waals surface area contributed by atoms with Gasteiger partial charge in [0.1, 0.15) is 0 Å². The topological polar surface area (TPSA) is 78.9 Å². The molecule has 0 aliphatic carbocycles. The van der Waals surface area contributed by atoms with E-state index < -0.39 is 0 Å². The molecule has 2 heterocycles. The number of anilines is 2. The predicted octanol–water partition coefficient (Wildman–Crippen LogP) is 2.03. The first kappa shape index (κ1) is 18.6. The Morgan fingerprint density at radius 3 is 2.33 bits per heavy atom. The third kappa shape index (κ3) is 4.33.